The first-order valence-electron chi connectivity index (χ1n) is 9.19. The molecule has 1 saturated carbocycles. The number of nitrogens with one attached hydrogen (secondary N) is 5. The largest absolute Gasteiger partial charge is 0.396 e. The molecule has 0 spiro atoms. The van der Waals surface area contributed by atoms with Crippen molar-refractivity contribution in [1.82, 2.24) is 26.6 Å². The van der Waals surface area contributed by atoms with E-state index in [1.54, 1.807) is 0 Å². The molecule has 0 aromatic rings. The summed E-state index contributed by atoms with van der Waals surface area (Å²) in [6.45, 7) is 3.08. The number of unbranched alkanes of at least 4 members (excludes halogenated alkanes) is 1. The second-order valence-electron chi connectivity index (χ2n) is 7.00. The standard InChI is InChI=1S/C16H31ClFN5O2/c1-10-8-14(19-6-2-3-7-24)22-15(20-10)23-16(25)21-11-4-5-13(18)12(17)9-11/h10-15,19-20,22,24H,2-9H2,1H3,(H2,21,23,25). The Morgan fingerprint density at radius 1 is 1.24 bits per heavy atom. The summed E-state index contributed by atoms with van der Waals surface area (Å²) in [6.07, 6.45) is 2.79. The Morgan fingerprint density at radius 3 is 2.76 bits per heavy atom. The van der Waals surface area contributed by atoms with E-state index in [1.165, 1.54) is 0 Å². The highest BCUT2D eigenvalue weighted by Gasteiger charge is 2.31. The molecule has 6 atom stereocenters. The van der Waals surface area contributed by atoms with Gasteiger partial charge in [0.25, 0.3) is 0 Å². The van der Waals surface area contributed by atoms with Crippen molar-refractivity contribution in [3.05, 3.63) is 0 Å². The van der Waals surface area contributed by atoms with Crippen LogP contribution in [0, 0.1) is 0 Å². The van der Waals surface area contributed by atoms with E-state index in [4.69, 9.17) is 16.7 Å². The smallest absolute Gasteiger partial charge is 0.317 e. The molecule has 0 radical (unpaired) electrons. The van der Waals surface area contributed by atoms with Crippen LogP contribution in [0.25, 0.3) is 0 Å². The molecule has 25 heavy (non-hydrogen) atoms. The maximum absolute atomic E-state index is 13.4. The second kappa shape index (κ2) is 10.5. The monoisotopic (exact) mass is 379 g/mol. The molecule has 1 aliphatic carbocycles. The lowest BCUT2D eigenvalue weighted by molar-refractivity contribution is 0.179. The quantitative estimate of drug-likeness (QED) is 0.289. The van der Waals surface area contributed by atoms with Crippen molar-refractivity contribution < 1.29 is 14.3 Å². The van der Waals surface area contributed by atoms with Crippen molar-refractivity contribution in [3.8, 4) is 0 Å². The Labute approximate surface area is 153 Å². The first-order valence-corrected chi connectivity index (χ1v) is 9.63. The van der Waals surface area contributed by atoms with Gasteiger partial charge in [-0.15, -0.1) is 11.6 Å². The van der Waals surface area contributed by atoms with Gasteiger partial charge in [-0.05, 0) is 52.0 Å². The lowest BCUT2D eigenvalue weighted by Gasteiger charge is -2.37. The average Bonchev–Trinajstić information content (AvgIpc) is 2.54. The minimum atomic E-state index is -0.983. The molecule has 1 heterocycles. The zero-order chi connectivity index (χ0) is 18.2. The molecule has 2 rings (SSSR count). The van der Waals surface area contributed by atoms with Crippen molar-refractivity contribution >= 4 is 17.6 Å². The molecule has 146 valence electrons. The van der Waals surface area contributed by atoms with Crippen LogP contribution in [0.2, 0.25) is 0 Å². The molecule has 7 nitrogen and oxygen atoms in total. The maximum Gasteiger partial charge on any atom is 0.317 e. The molecule has 1 saturated heterocycles. The van der Waals surface area contributed by atoms with Gasteiger partial charge in [-0.3, -0.25) is 10.6 Å². The first kappa shape index (κ1) is 20.6. The van der Waals surface area contributed by atoms with Gasteiger partial charge in [0.15, 0.2) is 0 Å². The highest BCUT2D eigenvalue weighted by molar-refractivity contribution is 6.21. The van der Waals surface area contributed by atoms with Crippen molar-refractivity contribution in [2.45, 2.75) is 81.5 Å². The number of amides is 2. The van der Waals surface area contributed by atoms with Crippen LogP contribution in [0.3, 0.4) is 0 Å². The summed E-state index contributed by atoms with van der Waals surface area (Å²) in [5.74, 6) is 0. The summed E-state index contributed by atoms with van der Waals surface area (Å²) in [5, 5.41) is 24.0. The van der Waals surface area contributed by atoms with E-state index >= 15 is 0 Å². The number of hydrogen-bond donors (Lipinski definition) is 6. The zero-order valence-corrected chi connectivity index (χ0v) is 15.5. The fourth-order valence-corrected chi connectivity index (χ4v) is 3.67. The van der Waals surface area contributed by atoms with Gasteiger partial charge in [-0.2, -0.15) is 0 Å². The number of carbonyl (C=O) groups is 1. The van der Waals surface area contributed by atoms with Crippen LogP contribution in [0.15, 0.2) is 0 Å². The van der Waals surface area contributed by atoms with Crippen LogP contribution < -0.4 is 26.6 Å². The van der Waals surface area contributed by atoms with Gasteiger partial charge in [-0.1, -0.05) is 0 Å². The van der Waals surface area contributed by atoms with Crippen LogP contribution in [0.5, 0.6) is 0 Å². The molecule has 0 aromatic heterocycles. The third kappa shape index (κ3) is 7.22. The Hall–Kier alpha value is -0.670. The van der Waals surface area contributed by atoms with Gasteiger partial charge >= 0.3 is 6.03 Å². The third-order valence-electron chi connectivity index (χ3n) is 4.69. The van der Waals surface area contributed by atoms with E-state index in [-0.39, 0.29) is 37.2 Å². The molecule has 0 bridgehead atoms. The number of carbonyl (C=O) groups excluding carboxylic acids is 1. The SMILES string of the molecule is CC1CC(NCCCCO)NC(NC(=O)NC2CCC(F)C(Cl)C2)N1. The zero-order valence-electron chi connectivity index (χ0n) is 14.7. The third-order valence-corrected chi connectivity index (χ3v) is 5.14. The van der Waals surface area contributed by atoms with E-state index in [2.05, 4.69) is 33.5 Å². The van der Waals surface area contributed by atoms with Crippen LogP contribution in [-0.2, 0) is 0 Å². The Balaban J connectivity index is 1.71. The van der Waals surface area contributed by atoms with E-state index in [0.29, 0.717) is 19.3 Å². The topological polar surface area (TPSA) is 97.5 Å². The fraction of sp³-hybridized carbons (Fsp3) is 0.938. The molecular weight excluding hydrogens is 349 g/mol. The van der Waals surface area contributed by atoms with Gasteiger partial charge in [0, 0.05) is 18.7 Å². The number of rotatable bonds is 7. The molecule has 1 aliphatic heterocycles. The summed E-state index contributed by atoms with van der Waals surface area (Å²) in [6, 6.07) is -0.136. The number of aliphatic hydroxyl groups is 1. The molecule has 6 unspecified atom stereocenters. The predicted molar refractivity (Wildman–Crippen MR) is 96.1 cm³/mol. The number of urea groups is 1. The lowest BCUT2D eigenvalue weighted by atomic mass is 9.93. The predicted octanol–water partition coefficient (Wildman–Crippen LogP) is 0.727. The lowest BCUT2D eigenvalue weighted by Crippen LogP contribution is -2.68. The van der Waals surface area contributed by atoms with Crippen LogP contribution >= 0.6 is 11.6 Å². The minimum absolute atomic E-state index is 0.0921. The summed E-state index contributed by atoms with van der Waals surface area (Å²) in [7, 11) is 0. The molecule has 9 heteroatoms. The molecule has 2 amide bonds. The molecule has 2 aliphatic rings. The van der Waals surface area contributed by atoms with E-state index < -0.39 is 11.5 Å². The summed E-state index contributed by atoms with van der Waals surface area (Å²) in [4.78, 5) is 12.2. The van der Waals surface area contributed by atoms with Crippen molar-refractivity contribution in [2.75, 3.05) is 13.2 Å². The van der Waals surface area contributed by atoms with Crippen molar-refractivity contribution in [3.63, 3.8) is 0 Å². The normalized spacial score (nSPS) is 36.0. The van der Waals surface area contributed by atoms with Gasteiger partial charge < -0.3 is 21.1 Å². The molecule has 6 N–H and O–H groups in total. The van der Waals surface area contributed by atoms with Crippen LogP contribution in [0.1, 0.15) is 45.4 Å². The van der Waals surface area contributed by atoms with E-state index in [1.807, 2.05) is 0 Å². The average molecular weight is 380 g/mol. The number of hydrogen-bond acceptors (Lipinski definition) is 5. The molecular formula is C16H31ClFN5O2. The highest BCUT2D eigenvalue weighted by Crippen LogP contribution is 2.25. The van der Waals surface area contributed by atoms with E-state index in [0.717, 1.165) is 25.8 Å². The second-order valence-corrected chi connectivity index (χ2v) is 7.56. The number of halogens is 2. The fourth-order valence-electron chi connectivity index (χ4n) is 3.33. The number of aliphatic hydroxyl groups excluding tert-OH is 1. The Morgan fingerprint density at radius 2 is 2.04 bits per heavy atom. The Kier molecular flexibility index (Phi) is 8.65. The summed E-state index contributed by atoms with van der Waals surface area (Å²) in [5.41, 5.74) is 0. The molecule has 0 aromatic carbocycles. The Bertz CT molecular complexity index is 420. The first-order chi connectivity index (χ1) is 12.0. The summed E-state index contributed by atoms with van der Waals surface area (Å²) < 4.78 is 13.4. The van der Waals surface area contributed by atoms with Crippen LogP contribution in [-0.4, -0.2) is 60.4 Å². The van der Waals surface area contributed by atoms with Crippen molar-refractivity contribution in [1.29, 1.82) is 0 Å². The number of alkyl halides is 2. The van der Waals surface area contributed by atoms with Crippen molar-refractivity contribution in [2.24, 2.45) is 0 Å². The summed E-state index contributed by atoms with van der Waals surface area (Å²) >= 11 is 5.95. The molecule has 2 fully saturated rings. The van der Waals surface area contributed by atoms with Crippen LogP contribution in [0.4, 0.5) is 9.18 Å². The minimum Gasteiger partial charge on any atom is -0.396 e. The maximum atomic E-state index is 13.4. The highest BCUT2D eigenvalue weighted by atomic mass is 35.5. The van der Waals surface area contributed by atoms with Gasteiger partial charge in [0.05, 0.1) is 11.5 Å². The van der Waals surface area contributed by atoms with Gasteiger partial charge in [0.1, 0.15) is 12.5 Å². The van der Waals surface area contributed by atoms with Gasteiger partial charge in [0.2, 0.25) is 0 Å². The van der Waals surface area contributed by atoms with Gasteiger partial charge in [-0.25, -0.2) is 9.18 Å². The van der Waals surface area contributed by atoms with E-state index in [9.17, 15) is 9.18 Å².